The summed E-state index contributed by atoms with van der Waals surface area (Å²) in [6.07, 6.45) is -0.831. The van der Waals surface area contributed by atoms with Gasteiger partial charge in [0.25, 0.3) is 0 Å². The van der Waals surface area contributed by atoms with Crippen LogP contribution in [0, 0.1) is 5.41 Å². The molecule has 0 radical (unpaired) electrons. The monoisotopic (exact) mass is 138 g/mol. The summed E-state index contributed by atoms with van der Waals surface area (Å²) < 4.78 is 23.7. The fourth-order valence-corrected chi connectivity index (χ4v) is 1.06. The first-order valence-electron chi connectivity index (χ1n) is 2.60. The third-order valence-electron chi connectivity index (χ3n) is 1.67. The van der Waals surface area contributed by atoms with Gasteiger partial charge in [-0.3, -0.25) is 0 Å². The Bertz CT molecular complexity index is 88.4. The molecule has 8 heavy (non-hydrogen) atoms. The Balaban J connectivity index is 2.41. The summed E-state index contributed by atoms with van der Waals surface area (Å²) in [4.78, 5) is 0. The van der Waals surface area contributed by atoms with Gasteiger partial charge in [0.15, 0.2) is 0 Å². The van der Waals surface area contributed by atoms with Gasteiger partial charge in [0.05, 0.1) is 0 Å². The predicted molar refractivity (Wildman–Crippen MR) is 31.5 cm³/mol. The van der Waals surface area contributed by atoms with E-state index in [1.54, 1.807) is 0 Å². The zero-order valence-electron chi connectivity index (χ0n) is 4.40. The summed E-state index contributed by atoms with van der Waals surface area (Å²) in [7, 11) is 0. The topological polar surface area (TPSA) is 0 Å². The van der Waals surface area contributed by atoms with E-state index in [1.165, 1.54) is 0 Å². The molecule has 48 valence electrons. The number of halogens is 2. The van der Waals surface area contributed by atoms with E-state index in [2.05, 4.69) is 12.6 Å². The first-order valence-corrected chi connectivity index (χ1v) is 3.23. The number of hydrogen-bond acceptors (Lipinski definition) is 1. The Labute approximate surface area is 52.7 Å². The van der Waals surface area contributed by atoms with Crippen molar-refractivity contribution < 1.29 is 8.78 Å². The van der Waals surface area contributed by atoms with Crippen molar-refractivity contribution in [3.63, 3.8) is 0 Å². The minimum Gasteiger partial charge on any atom is -0.210 e. The van der Waals surface area contributed by atoms with Gasteiger partial charge >= 0.3 is 0 Å². The van der Waals surface area contributed by atoms with Crippen molar-refractivity contribution in [2.75, 3.05) is 5.75 Å². The third kappa shape index (κ3) is 0.835. The lowest BCUT2D eigenvalue weighted by Crippen LogP contribution is -2.13. The van der Waals surface area contributed by atoms with Crippen LogP contribution >= 0.6 is 12.6 Å². The van der Waals surface area contributed by atoms with Crippen LogP contribution in [-0.4, -0.2) is 12.2 Å². The fourth-order valence-electron chi connectivity index (χ4n) is 0.606. The van der Waals surface area contributed by atoms with Gasteiger partial charge in [-0.2, -0.15) is 12.6 Å². The lowest BCUT2D eigenvalue weighted by atomic mass is 10.2. The Morgan fingerprint density at radius 1 is 1.50 bits per heavy atom. The van der Waals surface area contributed by atoms with Gasteiger partial charge in [0, 0.05) is 11.2 Å². The van der Waals surface area contributed by atoms with Gasteiger partial charge in [0.2, 0.25) is 6.43 Å². The van der Waals surface area contributed by atoms with E-state index in [-0.39, 0.29) is 0 Å². The second-order valence-electron chi connectivity index (χ2n) is 2.32. The van der Waals surface area contributed by atoms with Crippen LogP contribution in [0.5, 0.6) is 0 Å². The number of rotatable bonds is 2. The Morgan fingerprint density at radius 2 is 2.00 bits per heavy atom. The SMILES string of the molecule is FC(F)C1(CS)CC1. The summed E-state index contributed by atoms with van der Waals surface area (Å²) in [5.74, 6) is 0.338. The Morgan fingerprint density at radius 3 is 2.00 bits per heavy atom. The summed E-state index contributed by atoms with van der Waals surface area (Å²) in [6, 6.07) is 0. The minimum absolute atomic E-state index is 0.338. The van der Waals surface area contributed by atoms with Crippen LogP contribution in [0.4, 0.5) is 8.78 Å². The lowest BCUT2D eigenvalue weighted by molar-refractivity contribution is 0.0749. The van der Waals surface area contributed by atoms with Gasteiger partial charge < -0.3 is 0 Å². The molecule has 1 aliphatic rings. The molecule has 0 aromatic carbocycles. The summed E-state index contributed by atoms with van der Waals surface area (Å²) >= 11 is 3.82. The molecule has 0 aromatic rings. The van der Waals surface area contributed by atoms with Crippen LogP contribution in [0.15, 0.2) is 0 Å². The highest BCUT2D eigenvalue weighted by Gasteiger charge is 2.49. The Kier molecular flexibility index (Phi) is 1.48. The number of alkyl halides is 2. The molecule has 1 saturated carbocycles. The van der Waals surface area contributed by atoms with E-state index in [4.69, 9.17) is 0 Å². The number of hydrogen-bond donors (Lipinski definition) is 1. The van der Waals surface area contributed by atoms with Crippen molar-refractivity contribution in [2.45, 2.75) is 19.3 Å². The summed E-state index contributed by atoms with van der Waals surface area (Å²) in [5, 5.41) is 0. The molecule has 0 heterocycles. The van der Waals surface area contributed by atoms with Crippen LogP contribution in [0.25, 0.3) is 0 Å². The average Bonchev–Trinajstić information content (AvgIpc) is 2.44. The van der Waals surface area contributed by atoms with Crippen molar-refractivity contribution in [3.05, 3.63) is 0 Å². The molecule has 1 fully saturated rings. The van der Waals surface area contributed by atoms with E-state index in [9.17, 15) is 8.78 Å². The maximum Gasteiger partial charge on any atom is 0.244 e. The predicted octanol–water partition coefficient (Wildman–Crippen LogP) is 1.96. The van der Waals surface area contributed by atoms with Gasteiger partial charge in [-0.15, -0.1) is 0 Å². The van der Waals surface area contributed by atoms with E-state index >= 15 is 0 Å². The molecule has 0 amide bonds. The highest BCUT2D eigenvalue weighted by molar-refractivity contribution is 7.80. The van der Waals surface area contributed by atoms with Crippen molar-refractivity contribution in [2.24, 2.45) is 5.41 Å². The molecule has 1 rings (SSSR count). The van der Waals surface area contributed by atoms with E-state index < -0.39 is 11.8 Å². The second-order valence-corrected chi connectivity index (χ2v) is 2.64. The van der Waals surface area contributed by atoms with Crippen LogP contribution in [0.3, 0.4) is 0 Å². The van der Waals surface area contributed by atoms with Crippen LogP contribution in [0.2, 0.25) is 0 Å². The maximum absolute atomic E-state index is 11.8. The molecule has 0 bridgehead atoms. The molecular weight excluding hydrogens is 130 g/mol. The smallest absolute Gasteiger partial charge is 0.210 e. The van der Waals surface area contributed by atoms with Gasteiger partial charge in [-0.1, -0.05) is 0 Å². The standard InChI is InChI=1S/C5H8F2S/c6-4(7)5(3-8)1-2-5/h4,8H,1-3H2. The molecule has 1 aliphatic carbocycles. The van der Waals surface area contributed by atoms with Crippen molar-refractivity contribution in [1.29, 1.82) is 0 Å². The second kappa shape index (κ2) is 1.87. The fraction of sp³-hybridized carbons (Fsp3) is 1.00. The van der Waals surface area contributed by atoms with Crippen molar-refractivity contribution in [3.8, 4) is 0 Å². The molecule has 0 spiro atoms. The minimum atomic E-state index is -2.15. The highest BCUT2D eigenvalue weighted by atomic mass is 32.1. The molecule has 0 nitrogen and oxygen atoms in total. The summed E-state index contributed by atoms with van der Waals surface area (Å²) in [6.45, 7) is 0. The van der Waals surface area contributed by atoms with Crippen molar-refractivity contribution in [1.82, 2.24) is 0 Å². The van der Waals surface area contributed by atoms with Gasteiger partial charge in [-0.05, 0) is 12.8 Å². The van der Waals surface area contributed by atoms with Gasteiger partial charge in [0.1, 0.15) is 0 Å². The van der Waals surface area contributed by atoms with Crippen LogP contribution in [0.1, 0.15) is 12.8 Å². The quantitative estimate of drug-likeness (QED) is 0.554. The van der Waals surface area contributed by atoms with E-state index in [0.717, 1.165) is 0 Å². The van der Waals surface area contributed by atoms with Gasteiger partial charge in [-0.25, -0.2) is 8.78 Å². The maximum atomic E-state index is 11.8. The molecule has 3 heteroatoms. The van der Waals surface area contributed by atoms with E-state index in [1.807, 2.05) is 0 Å². The third-order valence-corrected chi connectivity index (χ3v) is 2.30. The molecule has 0 N–H and O–H groups in total. The lowest BCUT2D eigenvalue weighted by Gasteiger charge is -2.07. The van der Waals surface area contributed by atoms with Crippen LogP contribution < -0.4 is 0 Å². The average molecular weight is 138 g/mol. The zero-order chi connectivity index (χ0) is 6.20. The number of thiol groups is 1. The first-order chi connectivity index (χ1) is 3.71. The molecule has 0 atom stereocenters. The van der Waals surface area contributed by atoms with Crippen LogP contribution in [-0.2, 0) is 0 Å². The molecule has 0 unspecified atom stereocenters. The first kappa shape index (κ1) is 6.33. The molecule has 0 saturated heterocycles. The Hall–Kier alpha value is 0.210. The highest BCUT2D eigenvalue weighted by Crippen LogP contribution is 2.51. The normalized spacial score (nSPS) is 24.0. The summed E-state index contributed by atoms with van der Waals surface area (Å²) in [5.41, 5.74) is -0.677. The van der Waals surface area contributed by atoms with E-state index in [0.29, 0.717) is 18.6 Å². The largest absolute Gasteiger partial charge is 0.244 e. The molecular formula is C5H8F2S. The molecule has 0 aromatic heterocycles. The van der Waals surface area contributed by atoms with Crippen molar-refractivity contribution >= 4 is 12.6 Å². The molecule has 0 aliphatic heterocycles. The zero-order valence-corrected chi connectivity index (χ0v) is 5.30.